The summed E-state index contributed by atoms with van der Waals surface area (Å²) in [4.78, 5) is 0. The molecule has 3 unspecified atom stereocenters. The van der Waals surface area contributed by atoms with Crippen molar-refractivity contribution in [3.8, 4) is 0 Å². The van der Waals surface area contributed by atoms with Crippen molar-refractivity contribution in [3.63, 3.8) is 0 Å². The van der Waals surface area contributed by atoms with Gasteiger partial charge in [0.05, 0.1) is 6.10 Å². The third-order valence-corrected chi connectivity index (χ3v) is 6.00. The zero-order valence-electron chi connectivity index (χ0n) is 13.1. The smallest absolute Gasteiger partial charge is 0.0823 e. The van der Waals surface area contributed by atoms with Gasteiger partial charge in [0.1, 0.15) is 0 Å². The Hall–Kier alpha value is -0.820. The molecule has 3 atom stereocenters. The topological polar surface area (TPSA) is 20.2 Å². The quantitative estimate of drug-likeness (QED) is 0.831. The molecule has 0 heterocycles. The van der Waals surface area contributed by atoms with Crippen molar-refractivity contribution >= 4 is 0 Å². The molecule has 0 aliphatic heterocycles. The van der Waals surface area contributed by atoms with Crippen LogP contribution in [0.4, 0.5) is 0 Å². The number of hydrogen-bond acceptors (Lipinski definition) is 1. The molecular formula is C19H28O. The molecule has 2 fully saturated rings. The first kappa shape index (κ1) is 14.1. The van der Waals surface area contributed by atoms with Crippen molar-refractivity contribution in [2.75, 3.05) is 0 Å². The lowest BCUT2D eigenvalue weighted by molar-refractivity contribution is 0.142. The number of aliphatic hydroxyl groups is 1. The van der Waals surface area contributed by atoms with E-state index in [4.69, 9.17) is 0 Å². The Morgan fingerprint density at radius 1 is 1.10 bits per heavy atom. The van der Waals surface area contributed by atoms with E-state index in [9.17, 15) is 5.11 Å². The molecule has 2 saturated carbocycles. The molecule has 2 aliphatic carbocycles. The average Bonchev–Trinajstić information content (AvgIpc) is 3.21. The Morgan fingerprint density at radius 2 is 1.65 bits per heavy atom. The van der Waals surface area contributed by atoms with Crippen LogP contribution in [0.2, 0.25) is 0 Å². The Labute approximate surface area is 123 Å². The fraction of sp³-hybridized carbons (Fsp3) is 0.684. The predicted molar refractivity (Wildman–Crippen MR) is 83.7 cm³/mol. The molecule has 3 rings (SSSR count). The first-order chi connectivity index (χ1) is 9.54. The maximum absolute atomic E-state index is 10.6. The second-order valence-electron chi connectivity index (χ2n) is 7.49. The SMILES string of the molecule is CCC(C)(C)c1ccc(C(O)C2C3CCCCC32)cc1. The minimum Gasteiger partial charge on any atom is -0.388 e. The van der Waals surface area contributed by atoms with Crippen LogP contribution < -0.4 is 0 Å². The van der Waals surface area contributed by atoms with Gasteiger partial charge < -0.3 is 5.11 Å². The predicted octanol–water partition coefficient (Wildman–Crippen LogP) is 4.84. The molecule has 0 bridgehead atoms. The van der Waals surface area contributed by atoms with Crippen molar-refractivity contribution in [1.82, 2.24) is 0 Å². The molecule has 0 amide bonds. The lowest BCUT2D eigenvalue weighted by Gasteiger charge is -2.24. The van der Waals surface area contributed by atoms with Crippen LogP contribution >= 0.6 is 0 Å². The van der Waals surface area contributed by atoms with Gasteiger partial charge in [-0.15, -0.1) is 0 Å². The molecular weight excluding hydrogens is 244 g/mol. The van der Waals surface area contributed by atoms with Crippen LogP contribution in [0.15, 0.2) is 24.3 Å². The van der Waals surface area contributed by atoms with Crippen molar-refractivity contribution in [2.24, 2.45) is 17.8 Å². The fourth-order valence-electron chi connectivity index (χ4n) is 4.07. The average molecular weight is 272 g/mol. The van der Waals surface area contributed by atoms with Crippen molar-refractivity contribution in [1.29, 1.82) is 0 Å². The number of fused-ring (bicyclic) bond motifs is 1. The Bertz CT molecular complexity index is 447. The zero-order valence-corrected chi connectivity index (χ0v) is 13.1. The van der Waals surface area contributed by atoms with Gasteiger partial charge in [0.2, 0.25) is 0 Å². The van der Waals surface area contributed by atoms with Gasteiger partial charge in [-0.05, 0) is 53.6 Å². The van der Waals surface area contributed by atoms with E-state index in [1.54, 1.807) is 0 Å². The van der Waals surface area contributed by atoms with Gasteiger partial charge in [-0.25, -0.2) is 0 Å². The summed E-state index contributed by atoms with van der Waals surface area (Å²) in [5.74, 6) is 2.17. The van der Waals surface area contributed by atoms with E-state index in [-0.39, 0.29) is 11.5 Å². The number of hydrogen-bond donors (Lipinski definition) is 1. The minimum atomic E-state index is -0.234. The van der Waals surface area contributed by atoms with Gasteiger partial charge in [0.15, 0.2) is 0 Å². The van der Waals surface area contributed by atoms with E-state index in [0.29, 0.717) is 5.92 Å². The van der Waals surface area contributed by atoms with E-state index in [1.165, 1.54) is 31.2 Å². The van der Waals surface area contributed by atoms with E-state index >= 15 is 0 Å². The Morgan fingerprint density at radius 3 is 2.15 bits per heavy atom. The van der Waals surface area contributed by atoms with Crippen molar-refractivity contribution in [3.05, 3.63) is 35.4 Å². The van der Waals surface area contributed by atoms with Gasteiger partial charge in [-0.1, -0.05) is 57.9 Å². The summed E-state index contributed by atoms with van der Waals surface area (Å²) in [6, 6.07) is 8.74. The minimum absolute atomic E-state index is 0.233. The van der Waals surface area contributed by atoms with Gasteiger partial charge in [-0.3, -0.25) is 0 Å². The molecule has 0 spiro atoms. The van der Waals surface area contributed by atoms with Crippen molar-refractivity contribution < 1.29 is 5.11 Å². The Kier molecular flexibility index (Phi) is 3.66. The Balaban J connectivity index is 1.72. The normalized spacial score (nSPS) is 30.7. The van der Waals surface area contributed by atoms with Crippen LogP contribution in [0.5, 0.6) is 0 Å². The highest BCUT2D eigenvalue weighted by molar-refractivity contribution is 5.30. The molecule has 20 heavy (non-hydrogen) atoms. The summed E-state index contributed by atoms with van der Waals surface area (Å²) in [5, 5.41) is 10.6. The monoisotopic (exact) mass is 272 g/mol. The molecule has 1 nitrogen and oxygen atoms in total. The molecule has 2 aliphatic rings. The van der Waals surface area contributed by atoms with Gasteiger partial charge in [0.25, 0.3) is 0 Å². The molecule has 1 aromatic rings. The fourth-order valence-corrected chi connectivity index (χ4v) is 4.07. The maximum Gasteiger partial charge on any atom is 0.0823 e. The largest absolute Gasteiger partial charge is 0.388 e. The summed E-state index contributed by atoms with van der Waals surface area (Å²) in [5.41, 5.74) is 2.74. The van der Waals surface area contributed by atoms with Gasteiger partial charge >= 0.3 is 0 Å². The standard InChI is InChI=1S/C19H28O/c1-4-19(2,3)14-11-9-13(10-12-14)18(20)17-15-7-5-6-8-16(15)17/h9-12,15-18,20H,4-8H2,1-3H3. The third-order valence-electron chi connectivity index (χ3n) is 6.00. The lowest BCUT2D eigenvalue weighted by atomic mass is 9.82. The van der Waals surface area contributed by atoms with Crippen LogP contribution in [0.1, 0.15) is 70.1 Å². The van der Waals surface area contributed by atoms with E-state index in [0.717, 1.165) is 23.8 Å². The van der Waals surface area contributed by atoms with Crippen LogP contribution in [0.3, 0.4) is 0 Å². The van der Waals surface area contributed by atoms with Crippen LogP contribution in [-0.4, -0.2) is 5.11 Å². The number of benzene rings is 1. The first-order valence-electron chi connectivity index (χ1n) is 8.33. The maximum atomic E-state index is 10.6. The third kappa shape index (κ3) is 2.41. The molecule has 0 aromatic heterocycles. The highest BCUT2D eigenvalue weighted by atomic mass is 16.3. The highest BCUT2D eigenvalue weighted by Crippen LogP contribution is 2.60. The summed E-state index contributed by atoms with van der Waals surface area (Å²) in [6.45, 7) is 6.80. The second kappa shape index (κ2) is 5.18. The van der Waals surface area contributed by atoms with E-state index in [1.807, 2.05) is 0 Å². The highest BCUT2D eigenvalue weighted by Gasteiger charge is 2.54. The van der Waals surface area contributed by atoms with Crippen LogP contribution in [-0.2, 0) is 5.41 Å². The summed E-state index contributed by atoms with van der Waals surface area (Å²) in [7, 11) is 0. The molecule has 110 valence electrons. The molecule has 0 saturated heterocycles. The van der Waals surface area contributed by atoms with Crippen molar-refractivity contribution in [2.45, 2.75) is 64.4 Å². The molecule has 1 N–H and O–H groups in total. The second-order valence-corrected chi connectivity index (χ2v) is 7.49. The lowest BCUT2D eigenvalue weighted by Crippen LogP contribution is -2.15. The molecule has 1 aromatic carbocycles. The van der Waals surface area contributed by atoms with E-state index in [2.05, 4.69) is 45.0 Å². The van der Waals surface area contributed by atoms with E-state index < -0.39 is 0 Å². The zero-order chi connectivity index (χ0) is 14.3. The van der Waals surface area contributed by atoms with Gasteiger partial charge in [-0.2, -0.15) is 0 Å². The summed E-state index contributed by atoms with van der Waals surface area (Å²) in [6.07, 6.45) is 6.33. The van der Waals surface area contributed by atoms with Crippen LogP contribution in [0, 0.1) is 17.8 Å². The molecule has 1 heteroatoms. The number of aliphatic hydroxyl groups excluding tert-OH is 1. The first-order valence-corrected chi connectivity index (χ1v) is 8.33. The summed E-state index contributed by atoms with van der Waals surface area (Å²) >= 11 is 0. The summed E-state index contributed by atoms with van der Waals surface area (Å²) < 4.78 is 0. The van der Waals surface area contributed by atoms with Gasteiger partial charge in [0, 0.05) is 0 Å². The molecule has 0 radical (unpaired) electrons. The van der Waals surface area contributed by atoms with Crippen LogP contribution in [0.25, 0.3) is 0 Å². The number of rotatable bonds is 4.